The van der Waals surface area contributed by atoms with Crippen molar-refractivity contribution in [2.24, 2.45) is 0 Å². The van der Waals surface area contributed by atoms with E-state index in [0.29, 0.717) is 5.69 Å². The number of benzene rings is 2. The molecule has 0 spiro atoms. The van der Waals surface area contributed by atoms with Crippen molar-refractivity contribution >= 4 is 50.7 Å². The van der Waals surface area contributed by atoms with E-state index in [2.05, 4.69) is 10.0 Å². The van der Waals surface area contributed by atoms with Crippen molar-refractivity contribution in [2.75, 3.05) is 16.6 Å². The van der Waals surface area contributed by atoms with Gasteiger partial charge in [0.2, 0.25) is 0 Å². The SMILES string of the molecule is CCOC(=O)Nc1ccc(S(=O)(=O)Nc2cccc(Cl)c2Cl)cc1. The lowest BCUT2D eigenvalue weighted by molar-refractivity contribution is 0.168. The molecule has 0 unspecified atom stereocenters. The summed E-state index contributed by atoms with van der Waals surface area (Å²) in [6, 6.07) is 10.2. The number of rotatable bonds is 5. The summed E-state index contributed by atoms with van der Waals surface area (Å²) >= 11 is 11.8. The molecular formula is C15H14Cl2N2O4S. The molecule has 0 saturated carbocycles. The van der Waals surface area contributed by atoms with E-state index in [1.54, 1.807) is 19.1 Å². The molecule has 9 heteroatoms. The fraction of sp³-hybridized carbons (Fsp3) is 0.133. The first kappa shape index (κ1) is 18.4. The first-order valence-corrected chi connectivity index (χ1v) is 9.08. The Balaban J connectivity index is 2.18. The van der Waals surface area contributed by atoms with Crippen LogP contribution in [0.15, 0.2) is 47.4 Å². The number of carbonyl (C=O) groups is 1. The van der Waals surface area contributed by atoms with Gasteiger partial charge in [-0.1, -0.05) is 29.3 Å². The first-order valence-electron chi connectivity index (χ1n) is 6.84. The Kier molecular flexibility index (Phi) is 5.93. The molecule has 128 valence electrons. The van der Waals surface area contributed by atoms with Crippen molar-refractivity contribution in [2.45, 2.75) is 11.8 Å². The Hall–Kier alpha value is -1.96. The van der Waals surface area contributed by atoms with Gasteiger partial charge >= 0.3 is 6.09 Å². The maximum absolute atomic E-state index is 12.4. The molecule has 2 N–H and O–H groups in total. The predicted molar refractivity (Wildman–Crippen MR) is 94.4 cm³/mol. The molecule has 0 aromatic heterocycles. The van der Waals surface area contributed by atoms with E-state index in [1.807, 2.05) is 0 Å². The van der Waals surface area contributed by atoms with Crippen molar-refractivity contribution < 1.29 is 17.9 Å². The van der Waals surface area contributed by atoms with Crippen molar-refractivity contribution in [3.05, 3.63) is 52.5 Å². The summed E-state index contributed by atoms with van der Waals surface area (Å²) in [5.41, 5.74) is 0.589. The molecule has 0 aliphatic heterocycles. The molecular weight excluding hydrogens is 375 g/mol. The van der Waals surface area contributed by atoms with Crippen molar-refractivity contribution in [1.82, 2.24) is 0 Å². The Labute approximate surface area is 149 Å². The molecule has 1 amide bonds. The minimum atomic E-state index is -3.85. The highest BCUT2D eigenvalue weighted by Crippen LogP contribution is 2.31. The predicted octanol–water partition coefficient (Wildman–Crippen LogP) is 4.36. The van der Waals surface area contributed by atoms with Crippen LogP contribution in [0, 0.1) is 0 Å². The van der Waals surface area contributed by atoms with E-state index in [9.17, 15) is 13.2 Å². The molecule has 0 aliphatic rings. The highest BCUT2D eigenvalue weighted by atomic mass is 35.5. The van der Waals surface area contributed by atoms with E-state index >= 15 is 0 Å². The lowest BCUT2D eigenvalue weighted by atomic mass is 10.3. The molecule has 0 aliphatic carbocycles. The molecule has 0 saturated heterocycles. The maximum Gasteiger partial charge on any atom is 0.411 e. The van der Waals surface area contributed by atoms with E-state index in [1.165, 1.54) is 30.3 Å². The molecule has 0 radical (unpaired) electrons. The Bertz CT molecular complexity index is 839. The van der Waals surface area contributed by atoms with Crippen molar-refractivity contribution in [3.8, 4) is 0 Å². The number of hydrogen-bond acceptors (Lipinski definition) is 4. The van der Waals surface area contributed by atoms with Crippen LogP contribution in [0.4, 0.5) is 16.2 Å². The van der Waals surface area contributed by atoms with Crippen molar-refractivity contribution in [3.63, 3.8) is 0 Å². The van der Waals surface area contributed by atoms with Crippen LogP contribution in [0.1, 0.15) is 6.92 Å². The van der Waals surface area contributed by atoms with Gasteiger partial charge in [-0.05, 0) is 43.3 Å². The van der Waals surface area contributed by atoms with E-state index in [4.69, 9.17) is 27.9 Å². The third kappa shape index (κ3) is 4.53. The number of carbonyl (C=O) groups excluding carboxylic acids is 1. The first-order chi connectivity index (χ1) is 11.3. The van der Waals surface area contributed by atoms with Crippen LogP contribution in [0.3, 0.4) is 0 Å². The molecule has 0 fully saturated rings. The lowest BCUT2D eigenvalue weighted by Crippen LogP contribution is -2.15. The van der Waals surface area contributed by atoms with Crippen LogP contribution in [-0.4, -0.2) is 21.1 Å². The number of sulfonamides is 1. The number of hydrogen-bond donors (Lipinski definition) is 2. The van der Waals surface area contributed by atoms with Crippen LogP contribution in [-0.2, 0) is 14.8 Å². The largest absolute Gasteiger partial charge is 0.450 e. The van der Waals surface area contributed by atoms with Gasteiger partial charge in [0.1, 0.15) is 0 Å². The molecule has 24 heavy (non-hydrogen) atoms. The third-order valence-electron chi connectivity index (χ3n) is 2.88. The van der Waals surface area contributed by atoms with Crippen LogP contribution in [0.5, 0.6) is 0 Å². The second-order valence-corrected chi connectivity index (χ2v) is 7.04. The summed E-state index contributed by atoms with van der Waals surface area (Å²) in [6.45, 7) is 1.92. The van der Waals surface area contributed by atoms with Gasteiger partial charge in [0.15, 0.2) is 0 Å². The highest BCUT2D eigenvalue weighted by Gasteiger charge is 2.17. The van der Waals surface area contributed by atoms with Crippen molar-refractivity contribution in [1.29, 1.82) is 0 Å². The third-order valence-corrected chi connectivity index (χ3v) is 5.08. The summed E-state index contributed by atoms with van der Waals surface area (Å²) in [7, 11) is -3.85. The zero-order chi connectivity index (χ0) is 17.7. The monoisotopic (exact) mass is 388 g/mol. The molecule has 2 aromatic carbocycles. The molecule has 6 nitrogen and oxygen atoms in total. The lowest BCUT2D eigenvalue weighted by Gasteiger charge is -2.11. The standard InChI is InChI=1S/C15H14Cl2N2O4S/c1-2-23-15(20)18-10-6-8-11(9-7-10)24(21,22)19-13-5-3-4-12(16)14(13)17/h3-9,19H,2H2,1H3,(H,18,20). The van der Waals surface area contributed by atoms with Gasteiger partial charge in [0, 0.05) is 5.69 Å². The topological polar surface area (TPSA) is 84.5 Å². The van der Waals surface area contributed by atoms with E-state index < -0.39 is 16.1 Å². The number of nitrogens with one attached hydrogen (secondary N) is 2. The quantitative estimate of drug-likeness (QED) is 0.796. The summed E-state index contributed by atoms with van der Waals surface area (Å²) < 4.78 is 31.9. The van der Waals surface area contributed by atoms with Crippen LogP contribution >= 0.6 is 23.2 Å². The molecule has 2 rings (SSSR count). The minimum absolute atomic E-state index is 0.00736. The van der Waals surface area contributed by atoms with Gasteiger partial charge in [-0.15, -0.1) is 0 Å². The summed E-state index contributed by atoms with van der Waals surface area (Å²) in [4.78, 5) is 11.3. The highest BCUT2D eigenvalue weighted by molar-refractivity contribution is 7.92. The van der Waals surface area contributed by atoms with Crippen LogP contribution in [0.25, 0.3) is 0 Å². The zero-order valence-electron chi connectivity index (χ0n) is 12.5. The second kappa shape index (κ2) is 7.74. The van der Waals surface area contributed by atoms with Crippen LogP contribution in [0.2, 0.25) is 10.0 Å². The Morgan fingerprint density at radius 1 is 1.12 bits per heavy atom. The average molecular weight is 389 g/mol. The molecule has 0 heterocycles. The fourth-order valence-corrected chi connectivity index (χ4v) is 3.26. The molecule has 0 bridgehead atoms. The van der Waals surface area contributed by atoms with Gasteiger partial charge in [0.25, 0.3) is 10.0 Å². The zero-order valence-corrected chi connectivity index (χ0v) is 14.9. The van der Waals surface area contributed by atoms with E-state index in [0.717, 1.165) is 0 Å². The Morgan fingerprint density at radius 3 is 2.42 bits per heavy atom. The van der Waals surface area contributed by atoms with Gasteiger partial charge in [-0.3, -0.25) is 10.0 Å². The van der Waals surface area contributed by atoms with Gasteiger partial charge in [-0.25, -0.2) is 13.2 Å². The average Bonchev–Trinajstić information content (AvgIpc) is 2.52. The summed E-state index contributed by atoms with van der Waals surface area (Å²) in [6.07, 6.45) is -0.614. The Morgan fingerprint density at radius 2 is 1.79 bits per heavy atom. The fourth-order valence-electron chi connectivity index (χ4n) is 1.79. The smallest absolute Gasteiger partial charge is 0.411 e. The van der Waals surface area contributed by atoms with Crippen LogP contribution < -0.4 is 10.0 Å². The normalized spacial score (nSPS) is 11.0. The molecule has 0 atom stereocenters. The maximum atomic E-state index is 12.4. The number of anilines is 2. The summed E-state index contributed by atoms with van der Waals surface area (Å²) in [5, 5.41) is 2.83. The van der Waals surface area contributed by atoms with Gasteiger partial charge < -0.3 is 4.74 Å². The second-order valence-electron chi connectivity index (χ2n) is 4.58. The number of amides is 1. The molecule has 2 aromatic rings. The van der Waals surface area contributed by atoms with Gasteiger partial charge in [0.05, 0.1) is 27.2 Å². The van der Waals surface area contributed by atoms with Gasteiger partial charge in [-0.2, -0.15) is 0 Å². The number of halogens is 2. The van der Waals surface area contributed by atoms with E-state index in [-0.39, 0.29) is 27.2 Å². The number of ether oxygens (including phenoxy) is 1. The minimum Gasteiger partial charge on any atom is -0.450 e. The summed E-state index contributed by atoms with van der Waals surface area (Å²) in [5.74, 6) is 0.